The van der Waals surface area contributed by atoms with E-state index in [0.29, 0.717) is 6.61 Å². The summed E-state index contributed by atoms with van der Waals surface area (Å²) in [4.78, 5) is 20.3. The molecular weight excluding hydrogens is 395 g/mol. The zero-order chi connectivity index (χ0) is 15.2. The Hall–Kier alpha value is -0.150. The molecule has 1 aliphatic rings. The normalized spacial score (nSPS) is 15.7. The summed E-state index contributed by atoms with van der Waals surface area (Å²) in [6.07, 6.45) is 0.0628. The lowest BCUT2D eigenvalue weighted by atomic mass is 10.3. The van der Waals surface area contributed by atoms with Gasteiger partial charge in [-0.1, -0.05) is 0 Å². The van der Waals surface area contributed by atoms with Gasteiger partial charge in [0.05, 0.1) is 12.2 Å². The molecule has 2 heterocycles. The van der Waals surface area contributed by atoms with E-state index in [9.17, 15) is 4.79 Å². The highest BCUT2D eigenvalue weighted by Gasteiger charge is 2.21. The molecule has 0 bridgehead atoms. The van der Waals surface area contributed by atoms with Crippen LogP contribution < -0.4 is 5.73 Å². The van der Waals surface area contributed by atoms with Crippen molar-refractivity contribution in [3.8, 4) is 0 Å². The predicted octanol–water partition coefficient (Wildman–Crippen LogP) is 2.11. The summed E-state index contributed by atoms with van der Waals surface area (Å²) < 4.78 is 5.56. The van der Waals surface area contributed by atoms with Crippen LogP contribution in [0.4, 0.5) is 0 Å². The molecule has 24 heavy (non-hydrogen) atoms. The van der Waals surface area contributed by atoms with E-state index in [1.54, 1.807) is 11.3 Å². The topological polar surface area (TPSA) is 71.7 Å². The van der Waals surface area contributed by atoms with Crippen molar-refractivity contribution in [3.63, 3.8) is 0 Å². The Morgan fingerprint density at radius 2 is 1.96 bits per heavy atom. The highest BCUT2D eigenvalue weighted by atomic mass is 35.5. The number of amides is 1. The molecule has 2 rings (SSSR count). The lowest BCUT2D eigenvalue weighted by Crippen LogP contribution is -2.49. The Morgan fingerprint density at radius 1 is 1.33 bits per heavy atom. The molecule has 0 aromatic carbocycles. The average molecular weight is 422 g/mol. The van der Waals surface area contributed by atoms with Crippen molar-refractivity contribution >= 4 is 54.5 Å². The number of hydrogen-bond donors (Lipinski definition) is 1. The van der Waals surface area contributed by atoms with Gasteiger partial charge in [0.25, 0.3) is 0 Å². The number of carbonyl (C=O) groups is 1. The van der Waals surface area contributed by atoms with Gasteiger partial charge in [0, 0.05) is 44.7 Å². The lowest BCUT2D eigenvalue weighted by Gasteiger charge is -2.34. The summed E-state index contributed by atoms with van der Waals surface area (Å²) in [6, 6.07) is 0. The number of thiazole rings is 1. The van der Waals surface area contributed by atoms with Crippen molar-refractivity contribution in [1.82, 2.24) is 14.8 Å². The fourth-order valence-electron chi connectivity index (χ4n) is 2.42. The molecule has 0 aliphatic carbocycles. The summed E-state index contributed by atoms with van der Waals surface area (Å²) in [5.41, 5.74) is 6.47. The molecule has 1 fully saturated rings. The van der Waals surface area contributed by atoms with E-state index >= 15 is 0 Å². The maximum Gasteiger partial charge on any atom is 0.236 e. The van der Waals surface area contributed by atoms with Crippen LogP contribution in [0.3, 0.4) is 0 Å². The fourth-order valence-corrected chi connectivity index (χ4v) is 3.23. The van der Waals surface area contributed by atoms with E-state index in [4.69, 9.17) is 10.5 Å². The Bertz CT molecular complexity index is 471. The average Bonchev–Trinajstić information content (AvgIpc) is 2.96. The SMILES string of the molecule is CCOC(C)c1nc(CN2CCN(C(=O)CN)CC2)cs1.Cl.Cl.Cl. The van der Waals surface area contributed by atoms with Crippen molar-refractivity contribution in [3.05, 3.63) is 16.1 Å². The standard InChI is InChI=1S/C14H24N4O2S.3ClH/c1-3-20-11(2)14-16-12(10-21-14)9-17-4-6-18(7-5-17)13(19)8-15;;;/h10-11H,3-9,15H2,1-2H3;3*1H. The minimum atomic E-state index is 0. The van der Waals surface area contributed by atoms with Crippen LogP contribution in [0.2, 0.25) is 0 Å². The molecule has 1 aromatic heterocycles. The number of carbonyl (C=O) groups excluding carboxylic acids is 1. The Labute approximate surface area is 166 Å². The smallest absolute Gasteiger partial charge is 0.236 e. The molecule has 2 N–H and O–H groups in total. The zero-order valence-corrected chi connectivity index (χ0v) is 17.2. The van der Waals surface area contributed by atoms with Crippen LogP contribution in [0.25, 0.3) is 0 Å². The van der Waals surface area contributed by atoms with Crippen LogP contribution in [0, 0.1) is 0 Å². The van der Waals surface area contributed by atoms with Crippen molar-refractivity contribution in [2.75, 3.05) is 39.3 Å². The van der Waals surface area contributed by atoms with Gasteiger partial charge in [0.1, 0.15) is 11.1 Å². The van der Waals surface area contributed by atoms with Gasteiger partial charge < -0.3 is 15.4 Å². The molecule has 0 radical (unpaired) electrons. The molecule has 6 nitrogen and oxygen atoms in total. The number of nitrogens with two attached hydrogens (primary N) is 1. The maximum atomic E-state index is 11.5. The lowest BCUT2D eigenvalue weighted by molar-refractivity contribution is -0.131. The van der Waals surface area contributed by atoms with Crippen LogP contribution >= 0.6 is 48.6 Å². The highest BCUT2D eigenvalue weighted by Crippen LogP contribution is 2.22. The maximum absolute atomic E-state index is 11.5. The fraction of sp³-hybridized carbons (Fsp3) is 0.714. The number of piperazine rings is 1. The minimum Gasteiger partial charge on any atom is -0.372 e. The molecule has 1 unspecified atom stereocenters. The van der Waals surface area contributed by atoms with E-state index in [2.05, 4.69) is 15.3 Å². The summed E-state index contributed by atoms with van der Waals surface area (Å²) in [5.74, 6) is 0.0381. The molecule has 1 amide bonds. The Kier molecular flexibility index (Phi) is 14.2. The third kappa shape index (κ3) is 7.39. The summed E-state index contributed by atoms with van der Waals surface area (Å²) in [5, 5.41) is 3.13. The molecule has 0 spiro atoms. The van der Waals surface area contributed by atoms with Crippen LogP contribution in [0.5, 0.6) is 0 Å². The van der Waals surface area contributed by atoms with E-state index in [-0.39, 0.29) is 55.8 Å². The molecule has 10 heteroatoms. The first-order valence-electron chi connectivity index (χ1n) is 7.40. The second-order valence-electron chi connectivity index (χ2n) is 5.14. The largest absolute Gasteiger partial charge is 0.372 e. The Morgan fingerprint density at radius 3 is 2.50 bits per heavy atom. The predicted molar refractivity (Wildman–Crippen MR) is 105 cm³/mol. The van der Waals surface area contributed by atoms with Crippen LogP contribution in [0.15, 0.2) is 5.38 Å². The van der Waals surface area contributed by atoms with Crippen molar-refractivity contribution in [1.29, 1.82) is 0 Å². The van der Waals surface area contributed by atoms with Gasteiger partial charge in [-0.15, -0.1) is 48.6 Å². The first-order valence-corrected chi connectivity index (χ1v) is 8.28. The van der Waals surface area contributed by atoms with Gasteiger partial charge in [-0.2, -0.15) is 0 Å². The summed E-state index contributed by atoms with van der Waals surface area (Å²) in [6.45, 7) is 8.92. The van der Waals surface area contributed by atoms with Gasteiger partial charge in [-0.25, -0.2) is 4.98 Å². The van der Waals surface area contributed by atoms with Crippen molar-refractivity contribution < 1.29 is 9.53 Å². The van der Waals surface area contributed by atoms with E-state index in [0.717, 1.165) is 43.4 Å². The Balaban J connectivity index is 0. The van der Waals surface area contributed by atoms with Gasteiger partial charge in [-0.3, -0.25) is 9.69 Å². The summed E-state index contributed by atoms with van der Waals surface area (Å²) >= 11 is 1.65. The minimum absolute atomic E-state index is 0. The molecule has 142 valence electrons. The molecule has 1 aliphatic heterocycles. The van der Waals surface area contributed by atoms with E-state index in [1.807, 2.05) is 18.7 Å². The third-order valence-electron chi connectivity index (χ3n) is 3.62. The van der Waals surface area contributed by atoms with Crippen LogP contribution in [0.1, 0.15) is 30.7 Å². The molecule has 1 saturated heterocycles. The van der Waals surface area contributed by atoms with Crippen molar-refractivity contribution in [2.24, 2.45) is 5.73 Å². The van der Waals surface area contributed by atoms with E-state index < -0.39 is 0 Å². The second kappa shape index (κ2) is 13.1. The quantitative estimate of drug-likeness (QED) is 0.761. The number of aromatic nitrogens is 1. The zero-order valence-electron chi connectivity index (χ0n) is 14.0. The van der Waals surface area contributed by atoms with Gasteiger partial charge >= 0.3 is 0 Å². The van der Waals surface area contributed by atoms with Gasteiger partial charge in [0.2, 0.25) is 5.91 Å². The number of halogens is 3. The van der Waals surface area contributed by atoms with E-state index in [1.165, 1.54) is 0 Å². The molecule has 1 atom stereocenters. The number of hydrogen-bond acceptors (Lipinski definition) is 6. The third-order valence-corrected chi connectivity index (χ3v) is 4.67. The van der Waals surface area contributed by atoms with Gasteiger partial charge in [0.15, 0.2) is 0 Å². The highest BCUT2D eigenvalue weighted by molar-refractivity contribution is 7.09. The molecular formula is C14H27Cl3N4O2S. The summed E-state index contributed by atoms with van der Waals surface area (Å²) in [7, 11) is 0. The first kappa shape index (κ1) is 26.1. The number of ether oxygens (including phenoxy) is 1. The van der Waals surface area contributed by atoms with Crippen LogP contribution in [-0.4, -0.2) is 60.0 Å². The van der Waals surface area contributed by atoms with Crippen LogP contribution in [-0.2, 0) is 16.1 Å². The van der Waals surface area contributed by atoms with Gasteiger partial charge in [-0.05, 0) is 13.8 Å². The number of rotatable bonds is 6. The monoisotopic (exact) mass is 420 g/mol. The molecule has 0 saturated carbocycles. The second-order valence-corrected chi connectivity index (χ2v) is 6.03. The number of nitrogens with zero attached hydrogens (tertiary/aromatic N) is 3. The first-order chi connectivity index (χ1) is 10.1. The molecule has 1 aromatic rings. The van der Waals surface area contributed by atoms with Crippen molar-refractivity contribution in [2.45, 2.75) is 26.5 Å².